The molecule has 0 bridgehead atoms. The molecule has 5 nitrogen and oxygen atoms in total. The lowest BCUT2D eigenvalue weighted by atomic mass is 10.1. The largest absolute Gasteiger partial charge is 0.473 e. The quantitative estimate of drug-likeness (QED) is 0.611. The van der Waals surface area contributed by atoms with Crippen molar-refractivity contribution in [1.29, 1.82) is 0 Å². The summed E-state index contributed by atoms with van der Waals surface area (Å²) in [5, 5.41) is 2.27. The van der Waals surface area contributed by atoms with Crippen molar-refractivity contribution in [2.45, 2.75) is 13.3 Å². The summed E-state index contributed by atoms with van der Waals surface area (Å²) < 4.78 is 9.23. The van der Waals surface area contributed by atoms with Crippen LogP contribution in [0.25, 0.3) is 21.8 Å². The van der Waals surface area contributed by atoms with Gasteiger partial charge in [0.1, 0.15) is 5.75 Å². The second-order valence-corrected chi connectivity index (χ2v) is 5.92. The molecule has 0 unspecified atom stereocenters. The van der Waals surface area contributed by atoms with Crippen LogP contribution >= 0.6 is 0 Å². The summed E-state index contributed by atoms with van der Waals surface area (Å²) in [7, 11) is 0. The molecule has 0 aliphatic carbocycles. The van der Waals surface area contributed by atoms with Gasteiger partial charge in [0.05, 0.1) is 11.0 Å². The number of aromatic nitrogens is 2. The molecule has 25 heavy (non-hydrogen) atoms. The van der Waals surface area contributed by atoms with Crippen LogP contribution in [0.3, 0.4) is 0 Å². The van der Waals surface area contributed by atoms with Crippen LogP contribution in [-0.2, 0) is 13.3 Å². The van der Waals surface area contributed by atoms with Crippen LogP contribution in [0.5, 0.6) is 5.75 Å². The molecule has 0 fully saturated rings. The molecule has 0 aliphatic rings. The van der Waals surface area contributed by atoms with Crippen LogP contribution in [0.4, 0.5) is 0 Å². The van der Waals surface area contributed by atoms with E-state index in [1.807, 2.05) is 60.7 Å². The normalized spacial score (nSPS) is 11.2. The standard InChI is InChI=1S/C20H19N3O2/c21-11-12-22-18-7-3-4-8-19(18)23(20(22)24)14-25-17-10-9-15-5-1-2-6-16(15)13-17/h1-10,13H,11-12,14,21H2. The van der Waals surface area contributed by atoms with E-state index in [9.17, 15) is 4.79 Å². The molecule has 0 saturated heterocycles. The number of imidazole rings is 1. The third-order valence-corrected chi connectivity index (χ3v) is 4.36. The fourth-order valence-electron chi connectivity index (χ4n) is 3.14. The summed E-state index contributed by atoms with van der Waals surface area (Å²) in [5.41, 5.74) is 7.27. The maximum atomic E-state index is 12.7. The molecule has 0 spiro atoms. The van der Waals surface area contributed by atoms with Crippen LogP contribution < -0.4 is 16.2 Å². The summed E-state index contributed by atoms with van der Waals surface area (Å²) in [6.07, 6.45) is 0. The number of para-hydroxylation sites is 2. The van der Waals surface area contributed by atoms with Gasteiger partial charge in [0, 0.05) is 13.1 Å². The fourth-order valence-corrected chi connectivity index (χ4v) is 3.14. The van der Waals surface area contributed by atoms with E-state index in [-0.39, 0.29) is 12.4 Å². The Kier molecular flexibility index (Phi) is 3.99. The van der Waals surface area contributed by atoms with Crippen molar-refractivity contribution < 1.29 is 4.74 Å². The fraction of sp³-hybridized carbons (Fsp3) is 0.150. The Labute approximate surface area is 144 Å². The third kappa shape index (κ3) is 2.79. The van der Waals surface area contributed by atoms with Gasteiger partial charge in [0.15, 0.2) is 6.73 Å². The Hall–Kier alpha value is -3.05. The van der Waals surface area contributed by atoms with Crippen LogP contribution in [0.2, 0.25) is 0 Å². The van der Waals surface area contributed by atoms with Crippen molar-refractivity contribution >= 4 is 21.8 Å². The van der Waals surface area contributed by atoms with E-state index in [0.29, 0.717) is 13.1 Å². The molecule has 5 heteroatoms. The number of nitrogens with zero attached hydrogens (tertiary/aromatic N) is 2. The van der Waals surface area contributed by atoms with E-state index >= 15 is 0 Å². The molecule has 2 N–H and O–H groups in total. The number of rotatable bonds is 5. The molecule has 4 aromatic rings. The first-order valence-corrected chi connectivity index (χ1v) is 8.27. The molecule has 0 aliphatic heterocycles. The Morgan fingerprint density at radius 1 is 0.840 bits per heavy atom. The van der Waals surface area contributed by atoms with Crippen molar-refractivity contribution in [3.63, 3.8) is 0 Å². The van der Waals surface area contributed by atoms with Gasteiger partial charge < -0.3 is 10.5 Å². The van der Waals surface area contributed by atoms with Gasteiger partial charge in [-0.3, -0.25) is 9.13 Å². The summed E-state index contributed by atoms with van der Waals surface area (Å²) in [6.45, 7) is 1.07. The minimum absolute atomic E-state index is 0.104. The van der Waals surface area contributed by atoms with Crippen molar-refractivity contribution in [1.82, 2.24) is 9.13 Å². The van der Waals surface area contributed by atoms with E-state index < -0.39 is 0 Å². The lowest BCUT2D eigenvalue weighted by molar-refractivity contribution is 0.236. The monoisotopic (exact) mass is 333 g/mol. The lowest BCUT2D eigenvalue weighted by Gasteiger charge is -2.08. The predicted octanol–water partition coefficient (Wildman–Crippen LogP) is 2.95. The second kappa shape index (κ2) is 6.45. The number of ether oxygens (including phenoxy) is 1. The summed E-state index contributed by atoms with van der Waals surface area (Å²) in [6, 6.07) is 21.7. The van der Waals surface area contributed by atoms with Gasteiger partial charge in [0.25, 0.3) is 0 Å². The molecule has 0 atom stereocenters. The zero-order chi connectivity index (χ0) is 17.2. The molecule has 1 heterocycles. The molecular formula is C20H19N3O2. The van der Waals surface area contributed by atoms with Crippen molar-refractivity contribution in [2.24, 2.45) is 5.73 Å². The predicted molar refractivity (Wildman–Crippen MR) is 99.8 cm³/mol. The Bertz CT molecular complexity index is 1090. The zero-order valence-electron chi connectivity index (χ0n) is 13.8. The van der Waals surface area contributed by atoms with Crippen LogP contribution in [0.15, 0.2) is 71.5 Å². The van der Waals surface area contributed by atoms with Gasteiger partial charge in [-0.15, -0.1) is 0 Å². The van der Waals surface area contributed by atoms with Crippen LogP contribution in [0.1, 0.15) is 0 Å². The first kappa shape index (κ1) is 15.5. The number of fused-ring (bicyclic) bond motifs is 2. The molecule has 126 valence electrons. The summed E-state index contributed by atoms with van der Waals surface area (Å²) >= 11 is 0. The highest BCUT2D eigenvalue weighted by atomic mass is 16.5. The molecule has 0 saturated carbocycles. The molecule has 0 radical (unpaired) electrons. The highest BCUT2D eigenvalue weighted by molar-refractivity contribution is 5.83. The van der Waals surface area contributed by atoms with Gasteiger partial charge in [-0.25, -0.2) is 4.79 Å². The average molecular weight is 333 g/mol. The Morgan fingerprint density at radius 3 is 2.28 bits per heavy atom. The zero-order valence-corrected chi connectivity index (χ0v) is 13.8. The summed E-state index contributed by atoms with van der Waals surface area (Å²) in [5.74, 6) is 0.737. The van der Waals surface area contributed by atoms with E-state index in [0.717, 1.165) is 27.6 Å². The molecule has 0 amide bonds. The van der Waals surface area contributed by atoms with E-state index in [2.05, 4.69) is 6.07 Å². The first-order valence-electron chi connectivity index (χ1n) is 8.27. The molecule has 3 aromatic carbocycles. The van der Waals surface area contributed by atoms with Gasteiger partial charge >= 0.3 is 5.69 Å². The summed E-state index contributed by atoms with van der Waals surface area (Å²) in [4.78, 5) is 12.7. The van der Waals surface area contributed by atoms with E-state index in [1.165, 1.54) is 0 Å². The van der Waals surface area contributed by atoms with Crippen LogP contribution in [-0.4, -0.2) is 15.7 Å². The minimum atomic E-state index is -0.104. The third-order valence-electron chi connectivity index (χ3n) is 4.36. The maximum absolute atomic E-state index is 12.7. The minimum Gasteiger partial charge on any atom is -0.473 e. The van der Waals surface area contributed by atoms with E-state index in [4.69, 9.17) is 10.5 Å². The second-order valence-electron chi connectivity index (χ2n) is 5.92. The maximum Gasteiger partial charge on any atom is 0.331 e. The number of nitrogens with two attached hydrogens (primary N) is 1. The molecule has 1 aromatic heterocycles. The Morgan fingerprint density at radius 2 is 1.52 bits per heavy atom. The number of hydrogen-bond donors (Lipinski definition) is 1. The topological polar surface area (TPSA) is 62.2 Å². The van der Waals surface area contributed by atoms with Gasteiger partial charge in [-0.05, 0) is 35.0 Å². The van der Waals surface area contributed by atoms with Gasteiger partial charge in [-0.2, -0.15) is 0 Å². The number of benzene rings is 3. The molecular weight excluding hydrogens is 314 g/mol. The highest BCUT2D eigenvalue weighted by Gasteiger charge is 2.12. The first-order chi connectivity index (χ1) is 12.3. The van der Waals surface area contributed by atoms with E-state index in [1.54, 1.807) is 9.13 Å². The van der Waals surface area contributed by atoms with Crippen LogP contribution in [0, 0.1) is 0 Å². The highest BCUT2D eigenvalue weighted by Crippen LogP contribution is 2.21. The molecule has 4 rings (SSSR count). The Balaban J connectivity index is 1.68. The lowest BCUT2D eigenvalue weighted by Crippen LogP contribution is -2.28. The van der Waals surface area contributed by atoms with Gasteiger partial charge in [-0.1, -0.05) is 42.5 Å². The number of hydrogen-bond acceptors (Lipinski definition) is 3. The SMILES string of the molecule is NCCn1c(=O)n(COc2ccc3ccccc3c2)c2ccccc21. The van der Waals surface area contributed by atoms with Crippen molar-refractivity contribution in [2.75, 3.05) is 6.54 Å². The van der Waals surface area contributed by atoms with Crippen molar-refractivity contribution in [3.8, 4) is 5.75 Å². The van der Waals surface area contributed by atoms with Crippen molar-refractivity contribution in [3.05, 3.63) is 77.2 Å². The average Bonchev–Trinajstić information content (AvgIpc) is 2.92. The van der Waals surface area contributed by atoms with Gasteiger partial charge in [0.2, 0.25) is 0 Å². The smallest absolute Gasteiger partial charge is 0.331 e.